The second kappa shape index (κ2) is 71.6. The average Bonchev–Trinajstić information content (AvgIpc) is 3.49. The van der Waals surface area contributed by atoms with Gasteiger partial charge in [-0.2, -0.15) is 0 Å². The van der Waals surface area contributed by atoms with E-state index < -0.39 is 6.10 Å². The first-order chi connectivity index (χ1) is 41.0. The molecule has 0 saturated heterocycles. The van der Waals surface area contributed by atoms with Crippen molar-refractivity contribution in [2.24, 2.45) is 0 Å². The van der Waals surface area contributed by atoms with E-state index in [1.807, 2.05) is 0 Å². The summed E-state index contributed by atoms with van der Waals surface area (Å²) in [4.78, 5) is 38.5. The first-order valence-corrected chi connectivity index (χ1v) is 36.8. The second-order valence-electron chi connectivity index (χ2n) is 24.8. The highest BCUT2D eigenvalue weighted by atomic mass is 16.6. The second-order valence-corrected chi connectivity index (χ2v) is 24.8. The Balaban J connectivity index is 4.24. The standard InChI is InChI=1S/C77H140O6/c1-4-7-10-13-16-19-22-25-27-29-31-33-35-37-38-40-41-43-45-47-49-52-55-58-61-64-67-70-76(79)82-73-74(72-81-75(78)69-66-63-60-57-54-51-24-21-18-15-12-9-6-3)83-77(80)71-68-65-62-59-56-53-50-48-46-44-42-39-36-34-32-30-28-26-23-20-17-14-11-8-5-2/h21,23-24,26,29-32,36,39,74H,4-20,22,25,27-28,33-35,37-38,40-73H2,1-3H3/b24-21-,26-23-,31-29-,32-30-,39-36-. The lowest BCUT2D eigenvalue weighted by molar-refractivity contribution is -0.167. The third-order valence-corrected chi connectivity index (χ3v) is 16.5. The first-order valence-electron chi connectivity index (χ1n) is 36.8. The zero-order valence-electron chi connectivity index (χ0n) is 55.7. The van der Waals surface area contributed by atoms with E-state index in [9.17, 15) is 14.4 Å². The van der Waals surface area contributed by atoms with Crippen molar-refractivity contribution in [2.45, 2.75) is 399 Å². The van der Waals surface area contributed by atoms with Crippen LogP contribution in [0.15, 0.2) is 60.8 Å². The lowest BCUT2D eigenvalue weighted by Gasteiger charge is -2.18. The van der Waals surface area contributed by atoms with Crippen LogP contribution in [0.25, 0.3) is 0 Å². The van der Waals surface area contributed by atoms with Crippen molar-refractivity contribution in [3.05, 3.63) is 60.8 Å². The Morgan fingerprint density at radius 1 is 0.241 bits per heavy atom. The summed E-state index contributed by atoms with van der Waals surface area (Å²) in [6.07, 6.45) is 92.6. The van der Waals surface area contributed by atoms with Crippen LogP contribution in [-0.4, -0.2) is 37.2 Å². The van der Waals surface area contributed by atoms with E-state index in [0.717, 1.165) is 77.0 Å². The highest BCUT2D eigenvalue weighted by Gasteiger charge is 2.19. The monoisotopic (exact) mass is 1160 g/mol. The summed E-state index contributed by atoms with van der Waals surface area (Å²) in [5, 5.41) is 0. The van der Waals surface area contributed by atoms with E-state index in [1.165, 1.54) is 276 Å². The van der Waals surface area contributed by atoms with Crippen molar-refractivity contribution in [1.82, 2.24) is 0 Å². The summed E-state index contributed by atoms with van der Waals surface area (Å²) in [6, 6.07) is 0. The largest absolute Gasteiger partial charge is 0.462 e. The summed E-state index contributed by atoms with van der Waals surface area (Å²) in [7, 11) is 0. The van der Waals surface area contributed by atoms with Crippen LogP contribution in [0.5, 0.6) is 0 Å². The van der Waals surface area contributed by atoms with E-state index >= 15 is 0 Å². The third kappa shape index (κ3) is 69.8. The van der Waals surface area contributed by atoms with Gasteiger partial charge in [-0.15, -0.1) is 0 Å². The lowest BCUT2D eigenvalue weighted by Crippen LogP contribution is -2.30. The minimum atomic E-state index is -0.781. The fraction of sp³-hybridized carbons (Fsp3) is 0.831. The number of hydrogen-bond acceptors (Lipinski definition) is 6. The van der Waals surface area contributed by atoms with Gasteiger partial charge in [0.25, 0.3) is 0 Å². The molecule has 0 saturated carbocycles. The fourth-order valence-corrected chi connectivity index (χ4v) is 10.9. The number of hydrogen-bond donors (Lipinski definition) is 0. The minimum Gasteiger partial charge on any atom is -0.462 e. The molecule has 0 spiro atoms. The molecule has 6 nitrogen and oxygen atoms in total. The van der Waals surface area contributed by atoms with Gasteiger partial charge in [-0.25, -0.2) is 0 Å². The molecule has 484 valence electrons. The lowest BCUT2D eigenvalue weighted by atomic mass is 10.0. The van der Waals surface area contributed by atoms with Crippen LogP contribution in [0, 0.1) is 0 Å². The molecule has 83 heavy (non-hydrogen) atoms. The molecule has 0 aromatic heterocycles. The predicted octanol–water partition coefficient (Wildman–Crippen LogP) is 25.5. The fourth-order valence-electron chi connectivity index (χ4n) is 10.9. The van der Waals surface area contributed by atoms with Gasteiger partial charge in [0.05, 0.1) is 0 Å². The molecule has 0 aromatic rings. The molecule has 0 aliphatic heterocycles. The van der Waals surface area contributed by atoms with Crippen molar-refractivity contribution in [1.29, 1.82) is 0 Å². The first kappa shape index (κ1) is 80.1. The van der Waals surface area contributed by atoms with Crippen LogP contribution < -0.4 is 0 Å². The van der Waals surface area contributed by atoms with E-state index in [2.05, 4.69) is 81.5 Å². The highest BCUT2D eigenvalue weighted by molar-refractivity contribution is 5.71. The number of unbranched alkanes of at least 4 members (excludes halogenated alkanes) is 47. The molecule has 1 unspecified atom stereocenters. The average molecular weight is 1160 g/mol. The summed E-state index contributed by atoms with van der Waals surface area (Å²) in [5.41, 5.74) is 0. The molecule has 6 heteroatoms. The Morgan fingerprint density at radius 2 is 0.434 bits per heavy atom. The molecule has 0 radical (unpaired) electrons. The van der Waals surface area contributed by atoms with Gasteiger partial charge in [0.15, 0.2) is 6.10 Å². The number of carbonyl (C=O) groups is 3. The summed E-state index contributed by atoms with van der Waals surface area (Å²) in [6.45, 7) is 6.66. The Kier molecular flexibility index (Phi) is 69.1. The van der Waals surface area contributed by atoms with E-state index in [1.54, 1.807) is 0 Å². The molecule has 0 bridgehead atoms. The van der Waals surface area contributed by atoms with Crippen molar-refractivity contribution in [3.63, 3.8) is 0 Å². The maximum atomic E-state index is 13.0. The predicted molar refractivity (Wildman–Crippen MR) is 362 cm³/mol. The van der Waals surface area contributed by atoms with Gasteiger partial charge in [0.2, 0.25) is 0 Å². The van der Waals surface area contributed by atoms with Crippen LogP contribution in [0.2, 0.25) is 0 Å². The molecule has 0 amide bonds. The maximum absolute atomic E-state index is 13.0. The van der Waals surface area contributed by atoms with Crippen LogP contribution in [-0.2, 0) is 28.6 Å². The van der Waals surface area contributed by atoms with Gasteiger partial charge in [-0.3, -0.25) is 14.4 Å². The topological polar surface area (TPSA) is 78.9 Å². The van der Waals surface area contributed by atoms with Crippen LogP contribution in [0.3, 0.4) is 0 Å². The molecule has 0 fully saturated rings. The Labute approximate surface area is 517 Å². The summed E-state index contributed by atoms with van der Waals surface area (Å²) < 4.78 is 17.0. The van der Waals surface area contributed by atoms with Gasteiger partial charge < -0.3 is 14.2 Å². The number of esters is 3. The van der Waals surface area contributed by atoms with E-state index in [4.69, 9.17) is 14.2 Å². The molecule has 0 aliphatic rings. The summed E-state index contributed by atoms with van der Waals surface area (Å²) in [5.74, 6) is -0.865. The van der Waals surface area contributed by atoms with Crippen LogP contribution in [0.4, 0.5) is 0 Å². The quantitative estimate of drug-likeness (QED) is 0.0261. The molecular formula is C77H140O6. The third-order valence-electron chi connectivity index (χ3n) is 16.5. The van der Waals surface area contributed by atoms with Gasteiger partial charge in [-0.1, -0.05) is 326 Å². The number of carbonyl (C=O) groups excluding carboxylic acids is 3. The zero-order valence-corrected chi connectivity index (χ0v) is 55.7. The van der Waals surface area contributed by atoms with Crippen molar-refractivity contribution in [2.75, 3.05) is 13.2 Å². The van der Waals surface area contributed by atoms with Crippen molar-refractivity contribution < 1.29 is 28.6 Å². The molecule has 1 atom stereocenters. The van der Waals surface area contributed by atoms with E-state index in [0.29, 0.717) is 19.3 Å². The number of allylic oxidation sites excluding steroid dienone is 10. The van der Waals surface area contributed by atoms with Gasteiger partial charge in [-0.05, 0) is 109 Å². The SMILES string of the molecule is CCCCCC/C=C\CCCCCCCC(=O)OCC(COC(=O)CCCCCCCCCCCCCCCCC/C=C\CCCCCCCCCC)OC(=O)CCCCCCCCCCCC/C=C\C/C=C\C/C=C\CCCCCCC. The summed E-state index contributed by atoms with van der Waals surface area (Å²) >= 11 is 0. The van der Waals surface area contributed by atoms with Crippen molar-refractivity contribution in [3.8, 4) is 0 Å². The minimum absolute atomic E-state index is 0.0751. The Hall–Kier alpha value is -2.89. The smallest absolute Gasteiger partial charge is 0.306 e. The molecular weight excluding hydrogens is 1020 g/mol. The van der Waals surface area contributed by atoms with Crippen molar-refractivity contribution >= 4 is 17.9 Å². The zero-order chi connectivity index (χ0) is 59.9. The molecule has 0 rings (SSSR count). The van der Waals surface area contributed by atoms with Crippen LogP contribution in [0.1, 0.15) is 393 Å². The Bertz CT molecular complexity index is 1470. The van der Waals surface area contributed by atoms with Gasteiger partial charge in [0.1, 0.15) is 13.2 Å². The number of rotatable bonds is 68. The molecule has 0 aromatic carbocycles. The van der Waals surface area contributed by atoms with E-state index in [-0.39, 0.29) is 31.1 Å². The van der Waals surface area contributed by atoms with Crippen LogP contribution >= 0.6 is 0 Å². The molecule has 0 aliphatic carbocycles. The maximum Gasteiger partial charge on any atom is 0.306 e. The van der Waals surface area contributed by atoms with Gasteiger partial charge >= 0.3 is 17.9 Å². The Morgan fingerprint density at radius 3 is 0.699 bits per heavy atom. The van der Waals surface area contributed by atoms with Gasteiger partial charge in [0, 0.05) is 19.3 Å². The molecule has 0 N–H and O–H groups in total. The number of ether oxygens (including phenoxy) is 3. The normalized spacial score (nSPS) is 12.4. The molecule has 0 heterocycles. The highest BCUT2D eigenvalue weighted by Crippen LogP contribution is 2.18.